The molecule has 4 N–H and O–H groups in total. The Hall–Kier alpha value is -3.98. The van der Waals surface area contributed by atoms with Gasteiger partial charge < -0.3 is 34.6 Å². The molecule has 4 fully saturated rings. The summed E-state index contributed by atoms with van der Waals surface area (Å²) < 4.78 is 30.1. The molecule has 2 bridgehead atoms. The first kappa shape index (κ1) is 36.8. The maximum absolute atomic E-state index is 13.8. The van der Waals surface area contributed by atoms with Crippen LogP contribution in [0, 0.1) is 17.3 Å². The van der Waals surface area contributed by atoms with Crippen molar-refractivity contribution < 1.29 is 37.9 Å². The minimum atomic E-state index is -1.17. The van der Waals surface area contributed by atoms with Gasteiger partial charge in [-0.3, -0.25) is 10.1 Å². The van der Waals surface area contributed by atoms with Crippen molar-refractivity contribution in [1.82, 2.24) is 10.3 Å². The van der Waals surface area contributed by atoms with Crippen molar-refractivity contribution in [2.45, 2.75) is 96.7 Å². The third kappa shape index (κ3) is 7.64. The largest absolute Gasteiger partial charge is 0.496 e. The highest BCUT2D eigenvalue weighted by Gasteiger charge is 2.68. The highest BCUT2D eigenvalue weighted by molar-refractivity contribution is 7.13. The van der Waals surface area contributed by atoms with E-state index in [0.717, 1.165) is 29.7 Å². The molecule has 1 aliphatic heterocycles. The summed E-state index contributed by atoms with van der Waals surface area (Å²) >= 11 is 1.13. The lowest BCUT2D eigenvalue weighted by Crippen LogP contribution is -2.65. The third-order valence-corrected chi connectivity index (χ3v) is 11.3. The summed E-state index contributed by atoms with van der Waals surface area (Å²) in [5.41, 5.74) is 7.41. The summed E-state index contributed by atoms with van der Waals surface area (Å²) in [5.74, 6) is -0.550. The molecule has 6 atom stereocenters. The predicted octanol–water partition coefficient (Wildman–Crippen LogP) is 5.85. The third-order valence-electron chi connectivity index (χ3n) is 10.5. The highest BCUT2D eigenvalue weighted by Crippen LogP contribution is 2.65. The van der Waals surface area contributed by atoms with E-state index >= 15 is 0 Å². The van der Waals surface area contributed by atoms with Gasteiger partial charge in [0.15, 0.2) is 5.13 Å². The number of carbonyl (C=O) groups excluding carboxylic acids is 3. The lowest BCUT2D eigenvalue weighted by atomic mass is 9.43. The van der Waals surface area contributed by atoms with Crippen molar-refractivity contribution >= 4 is 41.6 Å². The molecular formula is C37H47BN4O8S. The molecule has 0 spiro atoms. The average Bonchev–Trinajstić information content (AvgIpc) is 3.70. The SMILES string of the molecule is COc1c(CC(NC(=O)C(N)c2csc(NC(=O)OCc3ccccc3)n2)B2OC3C[C@H]4C[C@@H](C4(C)C)[C@]3(C)O2)cccc1C(=O)OC(C)(C)C. The van der Waals surface area contributed by atoms with E-state index in [-0.39, 0.29) is 40.9 Å². The second kappa shape index (κ2) is 14.2. The van der Waals surface area contributed by atoms with Crippen LogP contribution in [-0.2, 0) is 36.6 Å². The van der Waals surface area contributed by atoms with Gasteiger partial charge in [0.05, 0.1) is 30.4 Å². The van der Waals surface area contributed by atoms with Gasteiger partial charge in [0.2, 0.25) is 5.91 Å². The van der Waals surface area contributed by atoms with Crippen LogP contribution in [0.5, 0.6) is 5.75 Å². The molecule has 1 aromatic heterocycles. The van der Waals surface area contributed by atoms with Crippen LogP contribution < -0.4 is 21.1 Å². The molecule has 3 aliphatic carbocycles. The predicted molar refractivity (Wildman–Crippen MR) is 193 cm³/mol. The fraction of sp³-hybridized carbons (Fsp3) is 0.514. The maximum Gasteiger partial charge on any atom is 0.482 e. The van der Waals surface area contributed by atoms with Gasteiger partial charge in [0, 0.05) is 5.38 Å². The molecule has 3 unspecified atom stereocenters. The number of anilines is 1. The van der Waals surface area contributed by atoms with E-state index in [1.165, 1.54) is 7.11 Å². The summed E-state index contributed by atoms with van der Waals surface area (Å²) in [6, 6.07) is 13.4. The summed E-state index contributed by atoms with van der Waals surface area (Å²) in [4.78, 5) is 43.8. The van der Waals surface area contributed by atoms with Gasteiger partial charge in [-0.2, -0.15) is 0 Å². The molecule has 2 heterocycles. The van der Waals surface area contributed by atoms with Crippen LogP contribution >= 0.6 is 11.3 Å². The monoisotopic (exact) mass is 718 g/mol. The lowest BCUT2D eigenvalue weighted by molar-refractivity contribution is -0.199. The Bertz CT molecular complexity index is 1760. The van der Waals surface area contributed by atoms with Crippen LogP contribution in [0.4, 0.5) is 9.93 Å². The van der Waals surface area contributed by atoms with E-state index in [1.54, 1.807) is 38.3 Å². The quantitative estimate of drug-likeness (QED) is 0.162. The van der Waals surface area contributed by atoms with E-state index in [9.17, 15) is 14.4 Å². The van der Waals surface area contributed by atoms with Gasteiger partial charge in [-0.1, -0.05) is 56.3 Å². The molecule has 51 heavy (non-hydrogen) atoms. The van der Waals surface area contributed by atoms with Crippen LogP contribution in [0.2, 0.25) is 0 Å². The number of aromatic nitrogens is 1. The van der Waals surface area contributed by atoms with Gasteiger partial charge >= 0.3 is 19.2 Å². The van der Waals surface area contributed by atoms with Gasteiger partial charge in [0.25, 0.3) is 0 Å². The molecule has 4 aliphatic rings. The van der Waals surface area contributed by atoms with E-state index in [1.807, 2.05) is 36.4 Å². The lowest BCUT2D eigenvalue weighted by Gasteiger charge is -2.64. The minimum Gasteiger partial charge on any atom is -0.496 e. The molecule has 3 saturated carbocycles. The molecular weight excluding hydrogens is 671 g/mol. The molecule has 272 valence electrons. The Labute approximate surface area is 303 Å². The Morgan fingerprint density at radius 2 is 1.84 bits per heavy atom. The highest BCUT2D eigenvalue weighted by atomic mass is 32.1. The number of benzene rings is 2. The Balaban J connectivity index is 1.20. The number of rotatable bonds is 11. The Morgan fingerprint density at radius 3 is 2.53 bits per heavy atom. The van der Waals surface area contributed by atoms with Crippen LogP contribution in [0.25, 0.3) is 0 Å². The number of esters is 1. The van der Waals surface area contributed by atoms with E-state index in [2.05, 4.69) is 36.4 Å². The van der Waals surface area contributed by atoms with Crippen molar-refractivity contribution in [2.75, 3.05) is 12.4 Å². The standard InChI is InChI=1S/C37H47BN4O8S/c1-35(2,3)48-32(44)24-15-11-14-22(30(24)46-7)16-28(38-49-27-18-23-17-26(36(23,4)5)37(27,6)50-38)41-31(43)29(39)25-20-51-33(40-25)42-34(45)47-19-21-12-9-8-10-13-21/h8-15,20,23,26-29H,16-19,39H2,1-7H3,(H,41,43)(H,40,42,45)/t23-,26+,27?,28?,29?,37+/m1/s1. The fourth-order valence-electron chi connectivity index (χ4n) is 7.74. The smallest absolute Gasteiger partial charge is 0.482 e. The molecule has 7 rings (SSSR count). The average molecular weight is 719 g/mol. The second-order valence-corrected chi connectivity index (χ2v) is 16.3. The number of thiazole rings is 1. The van der Waals surface area contributed by atoms with Crippen LogP contribution in [-0.4, -0.2) is 60.4 Å². The van der Waals surface area contributed by atoms with Crippen LogP contribution in [0.15, 0.2) is 53.9 Å². The number of carbonyl (C=O) groups is 3. The summed E-state index contributed by atoms with van der Waals surface area (Å²) in [6.07, 6.45) is 1.35. The normalized spacial score (nSPS) is 24.4. The van der Waals surface area contributed by atoms with Crippen molar-refractivity contribution in [3.05, 3.63) is 76.3 Å². The number of nitrogens with two attached hydrogens (primary N) is 1. The zero-order valence-electron chi connectivity index (χ0n) is 30.2. The first-order valence-electron chi connectivity index (χ1n) is 17.3. The second-order valence-electron chi connectivity index (χ2n) is 15.4. The van der Waals surface area contributed by atoms with E-state index in [0.29, 0.717) is 23.1 Å². The molecule has 14 heteroatoms. The van der Waals surface area contributed by atoms with Crippen molar-refractivity contribution in [2.24, 2.45) is 23.0 Å². The zero-order valence-corrected chi connectivity index (χ0v) is 31.0. The number of nitrogens with one attached hydrogen (secondary N) is 2. The Kier molecular flexibility index (Phi) is 10.3. The van der Waals surface area contributed by atoms with Gasteiger partial charge in [-0.25, -0.2) is 14.6 Å². The number of nitrogens with zero attached hydrogens (tertiary/aromatic N) is 1. The molecule has 12 nitrogen and oxygen atoms in total. The number of ether oxygens (including phenoxy) is 3. The number of hydrogen-bond donors (Lipinski definition) is 3. The zero-order chi connectivity index (χ0) is 36.7. The van der Waals surface area contributed by atoms with Crippen LogP contribution in [0.3, 0.4) is 0 Å². The van der Waals surface area contributed by atoms with Crippen molar-refractivity contribution in [3.63, 3.8) is 0 Å². The van der Waals surface area contributed by atoms with Crippen LogP contribution in [0.1, 0.15) is 87.6 Å². The number of methoxy groups -OCH3 is 1. The maximum atomic E-state index is 13.8. The first-order valence-corrected chi connectivity index (χ1v) is 18.2. The molecule has 0 radical (unpaired) electrons. The van der Waals surface area contributed by atoms with E-state index in [4.69, 9.17) is 29.3 Å². The number of hydrogen-bond acceptors (Lipinski definition) is 11. The van der Waals surface area contributed by atoms with Gasteiger partial charge in [-0.05, 0) is 81.4 Å². The summed E-state index contributed by atoms with van der Waals surface area (Å²) in [6.45, 7) is 12.2. The Morgan fingerprint density at radius 1 is 1.10 bits per heavy atom. The van der Waals surface area contributed by atoms with E-state index < -0.39 is 48.3 Å². The molecule has 2 aromatic carbocycles. The minimum absolute atomic E-state index is 0.101. The molecule has 3 aromatic rings. The topological polar surface area (TPSA) is 160 Å². The number of amides is 2. The first-order chi connectivity index (χ1) is 24.1. The van der Waals surface area contributed by atoms with Crippen molar-refractivity contribution in [1.29, 1.82) is 0 Å². The van der Waals surface area contributed by atoms with Gasteiger partial charge in [-0.15, -0.1) is 11.3 Å². The molecule has 1 saturated heterocycles. The molecule has 2 amide bonds. The number of para-hydroxylation sites is 1. The van der Waals surface area contributed by atoms with Crippen molar-refractivity contribution in [3.8, 4) is 5.75 Å². The summed E-state index contributed by atoms with van der Waals surface area (Å²) in [7, 11) is 0.697. The summed E-state index contributed by atoms with van der Waals surface area (Å²) in [5, 5.41) is 7.54. The van der Waals surface area contributed by atoms with Gasteiger partial charge in [0.1, 0.15) is 29.6 Å². The fourth-order valence-corrected chi connectivity index (χ4v) is 8.48.